The Morgan fingerprint density at radius 3 is 1.86 bits per heavy atom. The molecule has 0 unspecified atom stereocenters. The Kier molecular flexibility index (Phi) is 5.32. The van der Waals surface area contributed by atoms with Crippen molar-refractivity contribution in [3.8, 4) is 0 Å². The first-order valence-electron chi connectivity index (χ1n) is 9.61. The van der Waals surface area contributed by atoms with E-state index in [2.05, 4.69) is 9.80 Å². The predicted molar refractivity (Wildman–Crippen MR) is 105 cm³/mol. The van der Waals surface area contributed by atoms with E-state index in [9.17, 15) is 14.4 Å². The molecule has 0 aliphatic carbocycles. The minimum atomic E-state index is -0.201. The molecule has 0 N–H and O–H groups in total. The summed E-state index contributed by atoms with van der Waals surface area (Å²) in [5.74, 6) is -0.263. The van der Waals surface area contributed by atoms with Crippen molar-refractivity contribution in [2.24, 2.45) is 0 Å². The van der Waals surface area contributed by atoms with Gasteiger partial charge in [-0.3, -0.25) is 29.1 Å². The van der Waals surface area contributed by atoms with E-state index in [1.807, 2.05) is 30.3 Å². The zero-order valence-corrected chi connectivity index (χ0v) is 15.7. The number of nitrogens with zero attached hydrogens (tertiary/aromatic N) is 3. The van der Waals surface area contributed by atoms with Crippen molar-refractivity contribution < 1.29 is 14.4 Å². The summed E-state index contributed by atoms with van der Waals surface area (Å²) in [5.41, 5.74) is 1.74. The fourth-order valence-electron chi connectivity index (χ4n) is 3.77. The van der Waals surface area contributed by atoms with Gasteiger partial charge in [-0.1, -0.05) is 42.5 Å². The van der Waals surface area contributed by atoms with Crippen molar-refractivity contribution in [1.29, 1.82) is 0 Å². The molecule has 2 amide bonds. The minimum Gasteiger partial charge on any atom is -0.299 e. The van der Waals surface area contributed by atoms with Gasteiger partial charge >= 0.3 is 0 Å². The van der Waals surface area contributed by atoms with E-state index in [-0.39, 0.29) is 17.6 Å². The third-order valence-corrected chi connectivity index (χ3v) is 5.45. The number of rotatable bonds is 6. The number of piperazine rings is 1. The molecule has 2 heterocycles. The number of imide groups is 1. The van der Waals surface area contributed by atoms with Crippen molar-refractivity contribution in [2.75, 3.05) is 45.8 Å². The highest BCUT2D eigenvalue weighted by Gasteiger charge is 2.35. The van der Waals surface area contributed by atoms with E-state index in [1.165, 1.54) is 4.90 Å². The molecule has 0 spiro atoms. The number of carbonyl (C=O) groups is 3. The van der Waals surface area contributed by atoms with Crippen LogP contribution in [-0.4, -0.2) is 78.1 Å². The molecule has 1 saturated heterocycles. The summed E-state index contributed by atoms with van der Waals surface area (Å²) in [4.78, 5) is 42.9. The van der Waals surface area contributed by atoms with Gasteiger partial charge in [-0.2, -0.15) is 0 Å². The quantitative estimate of drug-likeness (QED) is 0.567. The molecule has 0 bridgehead atoms. The van der Waals surface area contributed by atoms with Crippen LogP contribution >= 0.6 is 0 Å². The Morgan fingerprint density at radius 2 is 1.25 bits per heavy atom. The Hall–Kier alpha value is -2.83. The van der Waals surface area contributed by atoms with Crippen LogP contribution in [-0.2, 0) is 0 Å². The van der Waals surface area contributed by atoms with Gasteiger partial charge in [-0.25, -0.2) is 0 Å². The molecule has 0 atom stereocenters. The topological polar surface area (TPSA) is 60.9 Å². The molecule has 1 fully saturated rings. The van der Waals surface area contributed by atoms with Gasteiger partial charge < -0.3 is 0 Å². The molecule has 0 radical (unpaired) electrons. The Morgan fingerprint density at radius 1 is 0.714 bits per heavy atom. The highest BCUT2D eigenvalue weighted by atomic mass is 16.2. The Bertz CT molecular complexity index is 854. The second kappa shape index (κ2) is 8.04. The zero-order chi connectivity index (χ0) is 19.5. The summed E-state index contributed by atoms with van der Waals surface area (Å²) in [6.07, 6.45) is 0. The van der Waals surface area contributed by atoms with Gasteiger partial charge in [0.2, 0.25) is 0 Å². The molecular formula is C22H23N3O3. The van der Waals surface area contributed by atoms with Crippen LogP contribution in [0.2, 0.25) is 0 Å². The minimum absolute atomic E-state index is 0.139. The van der Waals surface area contributed by atoms with E-state index < -0.39 is 0 Å². The van der Waals surface area contributed by atoms with Crippen molar-refractivity contribution in [3.63, 3.8) is 0 Å². The standard InChI is InChI=1S/C22H23N3O3/c26-20(17-6-2-1-3-7-17)16-24-12-10-23(11-13-24)14-15-25-21(27)18-8-4-5-9-19(18)22(25)28/h1-9H,10-16H2. The maximum atomic E-state index is 12.4. The normalized spacial score (nSPS) is 17.8. The SMILES string of the molecule is O=C(CN1CCN(CCN2C(=O)c3ccccc3C2=O)CC1)c1ccccc1. The summed E-state index contributed by atoms with van der Waals surface area (Å²) in [5, 5.41) is 0. The number of Topliss-reactive ketones (excluding diaryl/α,β-unsaturated/α-hetero) is 1. The van der Waals surface area contributed by atoms with Gasteiger partial charge in [0.25, 0.3) is 11.8 Å². The van der Waals surface area contributed by atoms with Gasteiger partial charge in [0.05, 0.1) is 17.7 Å². The molecule has 2 aromatic carbocycles. The lowest BCUT2D eigenvalue weighted by atomic mass is 10.1. The number of fused-ring (bicyclic) bond motifs is 1. The van der Waals surface area contributed by atoms with Crippen LogP contribution in [0.4, 0.5) is 0 Å². The van der Waals surface area contributed by atoms with Gasteiger partial charge in [0.1, 0.15) is 0 Å². The molecule has 2 aromatic rings. The fraction of sp³-hybridized carbons (Fsp3) is 0.318. The summed E-state index contributed by atoms with van der Waals surface area (Å²) in [6.45, 7) is 4.75. The summed E-state index contributed by atoms with van der Waals surface area (Å²) >= 11 is 0. The van der Waals surface area contributed by atoms with Crippen molar-refractivity contribution in [1.82, 2.24) is 14.7 Å². The van der Waals surface area contributed by atoms with Gasteiger partial charge in [-0.15, -0.1) is 0 Å². The lowest BCUT2D eigenvalue weighted by Crippen LogP contribution is -2.50. The summed E-state index contributed by atoms with van der Waals surface area (Å²) < 4.78 is 0. The maximum absolute atomic E-state index is 12.4. The fourth-order valence-corrected chi connectivity index (χ4v) is 3.77. The number of carbonyl (C=O) groups excluding carboxylic acids is 3. The van der Waals surface area contributed by atoms with Crippen LogP contribution in [0.1, 0.15) is 31.1 Å². The van der Waals surface area contributed by atoms with Gasteiger partial charge in [-0.05, 0) is 12.1 Å². The van der Waals surface area contributed by atoms with E-state index in [0.717, 1.165) is 31.7 Å². The van der Waals surface area contributed by atoms with Gasteiger partial charge in [0.15, 0.2) is 5.78 Å². The first-order valence-corrected chi connectivity index (χ1v) is 9.61. The van der Waals surface area contributed by atoms with Crippen LogP contribution in [0.5, 0.6) is 0 Å². The molecule has 0 aromatic heterocycles. The monoisotopic (exact) mass is 377 g/mol. The first-order chi connectivity index (χ1) is 13.6. The molecule has 0 saturated carbocycles. The second-order valence-corrected chi connectivity index (χ2v) is 7.21. The molecule has 144 valence electrons. The van der Waals surface area contributed by atoms with Crippen LogP contribution in [0.15, 0.2) is 54.6 Å². The highest BCUT2D eigenvalue weighted by molar-refractivity contribution is 6.21. The number of benzene rings is 2. The number of hydrogen-bond donors (Lipinski definition) is 0. The average molecular weight is 377 g/mol. The lowest BCUT2D eigenvalue weighted by molar-refractivity contribution is 0.0607. The van der Waals surface area contributed by atoms with Crippen molar-refractivity contribution in [2.45, 2.75) is 0 Å². The van der Waals surface area contributed by atoms with E-state index >= 15 is 0 Å². The van der Waals surface area contributed by atoms with Crippen molar-refractivity contribution in [3.05, 3.63) is 71.3 Å². The van der Waals surface area contributed by atoms with Crippen LogP contribution in [0.3, 0.4) is 0 Å². The number of amides is 2. The van der Waals surface area contributed by atoms with Crippen LogP contribution in [0.25, 0.3) is 0 Å². The smallest absolute Gasteiger partial charge is 0.261 e. The first kappa shape index (κ1) is 18.5. The number of hydrogen-bond acceptors (Lipinski definition) is 5. The zero-order valence-electron chi connectivity index (χ0n) is 15.7. The molecule has 28 heavy (non-hydrogen) atoms. The van der Waals surface area contributed by atoms with E-state index in [1.54, 1.807) is 24.3 Å². The molecular weight excluding hydrogens is 354 g/mol. The van der Waals surface area contributed by atoms with Crippen LogP contribution in [0, 0.1) is 0 Å². The second-order valence-electron chi connectivity index (χ2n) is 7.21. The predicted octanol–water partition coefficient (Wildman–Crippen LogP) is 1.78. The van der Waals surface area contributed by atoms with Gasteiger partial charge in [0, 0.05) is 44.8 Å². The molecule has 6 nitrogen and oxygen atoms in total. The average Bonchev–Trinajstić information content (AvgIpc) is 2.98. The molecule has 6 heteroatoms. The summed E-state index contributed by atoms with van der Waals surface area (Å²) in [7, 11) is 0. The largest absolute Gasteiger partial charge is 0.299 e. The molecule has 2 aliphatic rings. The third-order valence-electron chi connectivity index (χ3n) is 5.45. The lowest BCUT2D eigenvalue weighted by Gasteiger charge is -2.34. The maximum Gasteiger partial charge on any atom is 0.261 e. The van der Waals surface area contributed by atoms with E-state index in [4.69, 9.17) is 0 Å². The highest BCUT2D eigenvalue weighted by Crippen LogP contribution is 2.22. The molecule has 4 rings (SSSR count). The van der Waals surface area contributed by atoms with Crippen molar-refractivity contribution >= 4 is 17.6 Å². The third kappa shape index (κ3) is 3.74. The number of ketones is 1. The summed E-state index contributed by atoms with van der Waals surface area (Å²) in [6, 6.07) is 16.3. The molecule has 2 aliphatic heterocycles. The van der Waals surface area contributed by atoms with Crippen LogP contribution < -0.4 is 0 Å². The Balaban J connectivity index is 1.25. The Labute approximate surface area is 164 Å². The van der Waals surface area contributed by atoms with E-state index in [0.29, 0.717) is 30.8 Å².